The summed E-state index contributed by atoms with van der Waals surface area (Å²) >= 11 is 0. The lowest BCUT2D eigenvalue weighted by molar-refractivity contribution is 0.263. The second-order valence-electron chi connectivity index (χ2n) is 5.76. The van der Waals surface area contributed by atoms with Crippen molar-refractivity contribution >= 4 is 11.6 Å². The van der Waals surface area contributed by atoms with E-state index in [-0.39, 0.29) is 6.61 Å². The molecule has 1 aliphatic heterocycles. The van der Waals surface area contributed by atoms with Crippen LogP contribution in [0.5, 0.6) is 0 Å². The number of nitrogens with zero attached hydrogens (tertiary/aromatic N) is 3. The predicted octanol–water partition coefficient (Wildman–Crippen LogP) is 2.24. The maximum absolute atomic E-state index is 9.09. The van der Waals surface area contributed by atoms with E-state index in [0.29, 0.717) is 11.8 Å². The highest BCUT2D eigenvalue weighted by Gasteiger charge is 2.26. The van der Waals surface area contributed by atoms with Crippen LogP contribution in [0.4, 0.5) is 11.6 Å². The fourth-order valence-electron chi connectivity index (χ4n) is 2.92. The number of nitrogens with one attached hydrogen (secondary N) is 1. The molecule has 1 atom stereocenters. The molecule has 1 fully saturated rings. The van der Waals surface area contributed by atoms with Gasteiger partial charge in [0.1, 0.15) is 18.0 Å². The molecule has 112 valence electrons. The van der Waals surface area contributed by atoms with Crippen LogP contribution in [0, 0.1) is 5.92 Å². The van der Waals surface area contributed by atoms with E-state index < -0.39 is 0 Å². The minimum Gasteiger partial charge on any atom is -0.396 e. The van der Waals surface area contributed by atoms with Crippen molar-refractivity contribution in [3.8, 4) is 0 Å². The molecule has 0 spiro atoms. The fourth-order valence-corrected chi connectivity index (χ4v) is 2.92. The summed E-state index contributed by atoms with van der Waals surface area (Å²) in [5, 5.41) is 12.4. The molecule has 1 aliphatic rings. The molecule has 2 heterocycles. The van der Waals surface area contributed by atoms with Crippen LogP contribution in [0.3, 0.4) is 0 Å². The smallest absolute Gasteiger partial charge is 0.137 e. The van der Waals surface area contributed by atoms with Crippen LogP contribution in [0.1, 0.15) is 45.1 Å². The number of hydrogen-bond donors (Lipinski definition) is 2. The fraction of sp³-hybridized carbons (Fsp3) is 0.733. The van der Waals surface area contributed by atoms with Crippen molar-refractivity contribution in [3.05, 3.63) is 11.9 Å². The quantitative estimate of drug-likeness (QED) is 0.835. The molecular weight excluding hydrogens is 252 g/mol. The van der Waals surface area contributed by atoms with Crippen LogP contribution in [-0.2, 0) is 0 Å². The molecule has 0 aromatic carbocycles. The number of aliphatic hydroxyl groups excluding tert-OH is 1. The second-order valence-corrected chi connectivity index (χ2v) is 5.76. The Hall–Kier alpha value is -1.36. The van der Waals surface area contributed by atoms with Gasteiger partial charge in [0, 0.05) is 31.8 Å². The Morgan fingerprint density at radius 2 is 2.25 bits per heavy atom. The van der Waals surface area contributed by atoms with Gasteiger partial charge in [0.25, 0.3) is 0 Å². The van der Waals surface area contributed by atoms with Gasteiger partial charge >= 0.3 is 0 Å². The van der Waals surface area contributed by atoms with E-state index in [1.807, 2.05) is 0 Å². The molecular formula is C15H26N4O. The first-order valence-electron chi connectivity index (χ1n) is 7.61. The lowest BCUT2D eigenvalue weighted by Gasteiger charge is -2.24. The summed E-state index contributed by atoms with van der Waals surface area (Å²) in [6.45, 7) is 9.61. The Bertz CT molecular complexity index is 436. The lowest BCUT2D eigenvalue weighted by Crippen LogP contribution is -2.24. The van der Waals surface area contributed by atoms with E-state index in [2.05, 4.69) is 41.0 Å². The summed E-state index contributed by atoms with van der Waals surface area (Å²) in [5.74, 6) is 2.99. The topological polar surface area (TPSA) is 61.3 Å². The van der Waals surface area contributed by atoms with Gasteiger partial charge in [-0.1, -0.05) is 13.8 Å². The highest BCUT2D eigenvalue weighted by molar-refractivity contribution is 5.60. The first-order chi connectivity index (χ1) is 9.67. The van der Waals surface area contributed by atoms with Crippen molar-refractivity contribution in [2.75, 3.05) is 36.5 Å². The van der Waals surface area contributed by atoms with E-state index in [0.717, 1.165) is 44.1 Å². The third-order valence-corrected chi connectivity index (χ3v) is 3.91. The van der Waals surface area contributed by atoms with E-state index in [1.165, 1.54) is 5.56 Å². The Balaban J connectivity index is 2.25. The monoisotopic (exact) mass is 278 g/mol. The van der Waals surface area contributed by atoms with Crippen LogP contribution in [0.15, 0.2) is 6.33 Å². The molecule has 1 unspecified atom stereocenters. The largest absolute Gasteiger partial charge is 0.396 e. The third kappa shape index (κ3) is 3.20. The van der Waals surface area contributed by atoms with Gasteiger partial charge < -0.3 is 15.3 Å². The van der Waals surface area contributed by atoms with Gasteiger partial charge in [0.2, 0.25) is 0 Å². The molecule has 0 amide bonds. The first kappa shape index (κ1) is 15.0. The first-order valence-corrected chi connectivity index (χ1v) is 7.61. The normalized spacial score (nSPS) is 18.9. The average molecular weight is 278 g/mol. The zero-order chi connectivity index (χ0) is 14.5. The third-order valence-electron chi connectivity index (χ3n) is 3.91. The molecule has 1 aromatic heterocycles. The highest BCUT2D eigenvalue weighted by atomic mass is 16.3. The summed E-state index contributed by atoms with van der Waals surface area (Å²) in [5.41, 5.74) is 1.21. The predicted molar refractivity (Wildman–Crippen MR) is 82.3 cm³/mol. The zero-order valence-corrected chi connectivity index (χ0v) is 12.8. The number of aromatic nitrogens is 2. The molecule has 5 heteroatoms. The van der Waals surface area contributed by atoms with Crippen molar-refractivity contribution < 1.29 is 5.11 Å². The molecule has 0 aliphatic carbocycles. The molecule has 2 N–H and O–H groups in total. The Kier molecular flexibility index (Phi) is 5.17. The zero-order valence-electron chi connectivity index (χ0n) is 12.8. The molecule has 0 radical (unpaired) electrons. The van der Waals surface area contributed by atoms with Crippen molar-refractivity contribution in [3.63, 3.8) is 0 Å². The molecule has 1 saturated heterocycles. The van der Waals surface area contributed by atoms with Gasteiger partial charge in [-0.2, -0.15) is 0 Å². The summed E-state index contributed by atoms with van der Waals surface area (Å²) < 4.78 is 0. The van der Waals surface area contributed by atoms with Crippen molar-refractivity contribution in [1.29, 1.82) is 0 Å². The van der Waals surface area contributed by atoms with Gasteiger partial charge in [-0.25, -0.2) is 9.97 Å². The van der Waals surface area contributed by atoms with Gasteiger partial charge in [-0.05, 0) is 31.6 Å². The van der Waals surface area contributed by atoms with Gasteiger partial charge in [0.05, 0.1) is 0 Å². The van der Waals surface area contributed by atoms with Crippen LogP contribution < -0.4 is 10.2 Å². The molecule has 5 nitrogen and oxygen atoms in total. The van der Waals surface area contributed by atoms with Crippen molar-refractivity contribution in [2.45, 2.75) is 39.5 Å². The SMILES string of the molecule is CCNc1ncnc(N2CCC(CCO)C2)c1C(C)C. The summed E-state index contributed by atoms with van der Waals surface area (Å²) in [6, 6.07) is 0. The van der Waals surface area contributed by atoms with Crippen molar-refractivity contribution in [1.82, 2.24) is 9.97 Å². The van der Waals surface area contributed by atoms with Crippen LogP contribution in [0.2, 0.25) is 0 Å². The van der Waals surface area contributed by atoms with Crippen LogP contribution in [0.25, 0.3) is 0 Å². The standard InChI is InChI=1S/C15H26N4O/c1-4-16-14-13(11(2)3)15(18-10-17-14)19-7-5-12(9-19)6-8-20/h10-12,20H,4-9H2,1-3H3,(H,16,17,18). The van der Waals surface area contributed by atoms with E-state index >= 15 is 0 Å². The van der Waals surface area contributed by atoms with Crippen LogP contribution in [-0.4, -0.2) is 41.3 Å². The molecule has 2 rings (SSSR count). The summed E-state index contributed by atoms with van der Waals surface area (Å²) in [4.78, 5) is 11.3. The minimum absolute atomic E-state index is 0.280. The maximum Gasteiger partial charge on any atom is 0.137 e. The number of aliphatic hydroxyl groups is 1. The molecule has 0 saturated carbocycles. The molecule has 1 aromatic rings. The minimum atomic E-state index is 0.280. The number of hydrogen-bond acceptors (Lipinski definition) is 5. The summed E-state index contributed by atoms with van der Waals surface area (Å²) in [6.07, 6.45) is 3.68. The van der Waals surface area contributed by atoms with Crippen molar-refractivity contribution in [2.24, 2.45) is 5.92 Å². The lowest BCUT2D eigenvalue weighted by atomic mass is 10.0. The van der Waals surface area contributed by atoms with Crippen LogP contribution >= 0.6 is 0 Å². The van der Waals surface area contributed by atoms with E-state index in [9.17, 15) is 0 Å². The molecule has 20 heavy (non-hydrogen) atoms. The Morgan fingerprint density at radius 3 is 2.90 bits per heavy atom. The molecule has 0 bridgehead atoms. The summed E-state index contributed by atoms with van der Waals surface area (Å²) in [7, 11) is 0. The van der Waals surface area contributed by atoms with Gasteiger partial charge in [0.15, 0.2) is 0 Å². The van der Waals surface area contributed by atoms with E-state index in [1.54, 1.807) is 6.33 Å². The van der Waals surface area contributed by atoms with E-state index in [4.69, 9.17) is 5.11 Å². The Morgan fingerprint density at radius 1 is 1.45 bits per heavy atom. The van der Waals surface area contributed by atoms with Gasteiger partial charge in [-0.3, -0.25) is 0 Å². The number of rotatable bonds is 6. The highest BCUT2D eigenvalue weighted by Crippen LogP contribution is 2.33. The van der Waals surface area contributed by atoms with Gasteiger partial charge in [-0.15, -0.1) is 0 Å². The Labute approximate surface area is 121 Å². The maximum atomic E-state index is 9.09. The average Bonchev–Trinajstić information content (AvgIpc) is 2.87. The number of anilines is 2. The second kappa shape index (κ2) is 6.88.